The van der Waals surface area contributed by atoms with Crippen LogP contribution >= 0.6 is 31.9 Å². The van der Waals surface area contributed by atoms with Gasteiger partial charge in [0, 0.05) is 0 Å². The van der Waals surface area contributed by atoms with Gasteiger partial charge in [-0.1, -0.05) is 45.2 Å². The third-order valence-electron chi connectivity index (χ3n) is 0.847. The van der Waals surface area contributed by atoms with Gasteiger partial charge in [-0.3, -0.25) is 0 Å². The van der Waals surface area contributed by atoms with Crippen LogP contribution in [0, 0.1) is 0 Å². The molecule has 1 N–H and O–H groups in total. The molecule has 0 rings (SSSR count). The molecule has 0 bridgehead atoms. The normalized spacial score (nSPS) is 12.0. The molecule has 0 amide bonds. The van der Waals surface area contributed by atoms with Gasteiger partial charge in [-0.05, 0) is 6.42 Å². The highest BCUT2D eigenvalue weighted by molar-refractivity contribution is 9.25. The Morgan fingerprint density at radius 1 is 1.50 bits per heavy atom. The molecule has 0 heterocycles. The molecule has 0 atom stereocenters. The van der Waals surface area contributed by atoms with Crippen molar-refractivity contribution in [3.05, 3.63) is 0 Å². The maximum absolute atomic E-state index is 8.63. The van der Waals surface area contributed by atoms with Gasteiger partial charge in [0.2, 0.25) is 0 Å². The van der Waals surface area contributed by atoms with Gasteiger partial charge in [-0.15, -0.1) is 0 Å². The number of aliphatic hydroxyl groups is 1. The lowest BCUT2D eigenvalue weighted by atomic mass is 10.3. The minimum Gasteiger partial charge on any atom is -0.394 e. The van der Waals surface area contributed by atoms with Gasteiger partial charge in [0.25, 0.3) is 0 Å². The summed E-state index contributed by atoms with van der Waals surface area (Å²) in [6, 6.07) is 0. The van der Waals surface area contributed by atoms with E-state index in [2.05, 4.69) is 38.8 Å². The maximum atomic E-state index is 8.63. The highest BCUT2D eigenvalue weighted by Gasteiger charge is 2.18. The minimum absolute atomic E-state index is 0.140. The van der Waals surface area contributed by atoms with Crippen LogP contribution in [0.4, 0.5) is 0 Å². The van der Waals surface area contributed by atoms with Gasteiger partial charge < -0.3 is 5.11 Å². The molecule has 0 spiro atoms. The number of alkyl halides is 2. The number of halogens is 2. The van der Waals surface area contributed by atoms with Crippen LogP contribution in [0.2, 0.25) is 0 Å². The third-order valence-corrected chi connectivity index (χ3v) is 2.14. The van der Waals surface area contributed by atoms with Gasteiger partial charge in [0.05, 0.1) is 6.61 Å². The second kappa shape index (κ2) is 3.85. The Bertz CT molecular complexity index is 63.4. The second-order valence-electron chi connectivity index (χ2n) is 1.76. The summed E-state index contributed by atoms with van der Waals surface area (Å²) in [5, 5.41) is 8.63. The fourth-order valence-electron chi connectivity index (χ4n) is 0.445. The van der Waals surface area contributed by atoms with E-state index in [4.69, 9.17) is 5.11 Å². The van der Waals surface area contributed by atoms with Crippen molar-refractivity contribution in [1.82, 2.24) is 0 Å². The summed E-state index contributed by atoms with van der Waals surface area (Å²) in [5.41, 5.74) is 0. The highest BCUT2D eigenvalue weighted by atomic mass is 79.9. The van der Waals surface area contributed by atoms with Gasteiger partial charge >= 0.3 is 0 Å². The summed E-state index contributed by atoms with van der Waals surface area (Å²) < 4.78 is -0.227. The molecule has 0 aromatic rings. The lowest BCUT2D eigenvalue weighted by Gasteiger charge is -2.14. The minimum atomic E-state index is -0.227. The summed E-state index contributed by atoms with van der Waals surface area (Å²) in [5.74, 6) is 0. The SMILES string of the molecule is CCCC(Br)(Br)CO. The topological polar surface area (TPSA) is 20.2 Å². The zero-order valence-electron chi connectivity index (χ0n) is 4.82. The number of aliphatic hydroxyl groups excluding tert-OH is 1. The van der Waals surface area contributed by atoms with Crippen LogP contribution in [0.1, 0.15) is 19.8 Å². The summed E-state index contributed by atoms with van der Waals surface area (Å²) in [6.45, 7) is 2.22. The van der Waals surface area contributed by atoms with Crippen molar-refractivity contribution in [2.24, 2.45) is 0 Å². The fraction of sp³-hybridized carbons (Fsp3) is 1.00. The number of rotatable bonds is 3. The predicted molar refractivity (Wildman–Crippen MR) is 42.6 cm³/mol. The van der Waals surface area contributed by atoms with Crippen LogP contribution in [0.15, 0.2) is 0 Å². The summed E-state index contributed by atoms with van der Waals surface area (Å²) in [4.78, 5) is 0. The van der Waals surface area contributed by atoms with E-state index in [1.54, 1.807) is 0 Å². The molecule has 0 fully saturated rings. The molecule has 0 saturated carbocycles. The van der Waals surface area contributed by atoms with Gasteiger partial charge in [-0.2, -0.15) is 0 Å². The van der Waals surface area contributed by atoms with Gasteiger partial charge in [0.1, 0.15) is 3.23 Å². The molecule has 0 saturated heterocycles. The molecule has 0 aromatic heterocycles. The first-order valence-corrected chi connectivity index (χ1v) is 4.19. The average Bonchev–Trinajstić information content (AvgIpc) is 1.67. The van der Waals surface area contributed by atoms with E-state index >= 15 is 0 Å². The molecule has 1 nitrogen and oxygen atoms in total. The van der Waals surface area contributed by atoms with E-state index in [1.807, 2.05) is 0 Å². The first-order chi connectivity index (χ1) is 3.62. The van der Waals surface area contributed by atoms with E-state index in [0.29, 0.717) is 0 Å². The Morgan fingerprint density at radius 2 is 2.00 bits per heavy atom. The van der Waals surface area contributed by atoms with Gasteiger partial charge in [-0.25, -0.2) is 0 Å². The molecular formula is C5H10Br2O. The number of hydrogen-bond donors (Lipinski definition) is 1. The van der Waals surface area contributed by atoms with Crippen LogP contribution in [0.5, 0.6) is 0 Å². The third kappa shape index (κ3) is 3.87. The van der Waals surface area contributed by atoms with E-state index in [9.17, 15) is 0 Å². The van der Waals surface area contributed by atoms with E-state index in [-0.39, 0.29) is 9.84 Å². The summed E-state index contributed by atoms with van der Waals surface area (Å²) in [7, 11) is 0. The molecular weight excluding hydrogens is 236 g/mol. The Hall–Kier alpha value is 0.920. The fourth-order valence-corrected chi connectivity index (χ4v) is 1.24. The molecule has 0 aromatic carbocycles. The molecule has 50 valence electrons. The van der Waals surface area contributed by atoms with Crippen molar-refractivity contribution in [3.8, 4) is 0 Å². The Balaban J connectivity index is 3.37. The van der Waals surface area contributed by atoms with Crippen molar-refractivity contribution < 1.29 is 5.11 Å². The molecule has 3 heteroatoms. The summed E-state index contributed by atoms with van der Waals surface area (Å²) >= 11 is 6.62. The molecule has 0 radical (unpaired) electrons. The Kier molecular flexibility index (Phi) is 4.30. The van der Waals surface area contributed by atoms with Crippen LogP contribution in [-0.2, 0) is 0 Å². The predicted octanol–water partition coefficient (Wildman–Crippen LogP) is 2.26. The molecule has 8 heavy (non-hydrogen) atoms. The standard InChI is InChI=1S/C5H10Br2O/c1-2-3-5(6,7)4-8/h8H,2-4H2,1H3. The average molecular weight is 246 g/mol. The van der Waals surface area contributed by atoms with Crippen molar-refractivity contribution in [3.63, 3.8) is 0 Å². The first-order valence-electron chi connectivity index (χ1n) is 2.61. The molecule has 0 aliphatic heterocycles. The van der Waals surface area contributed by atoms with E-state index in [0.717, 1.165) is 12.8 Å². The monoisotopic (exact) mass is 244 g/mol. The Labute approximate surface area is 66.7 Å². The lowest BCUT2D eigenvalue weighted by molar-refractivity contribution is 0.284. The van der Waals surface area contributed by atoms with Crippen LogP contribution < -0.4 is 0 Å². The maximum Gasteiger partial charge on any atom is 0.103 e. The van der Waals surface area contributed by atoms with Crippen molar-refractivity contribution in [2.45, 2.75) is 23.0 Å². The summed E-state index contributed by atoms with van der Waals surface area (Å²) in [6.07, 6.45) is 2.01. The highest BCUT2D eigenvalue weighted by Crippen LogP contribution is 2.30. The van der Waals surface area contributed by atoms with Crippen molar-refractivity contribution in [2.75, 3.05) is 6.61 Å². The van der Waals surface area contributed by atoms with Crippen LogP contribution in [0.25, 0.3) is 0 Å². The first kappa shape index (κ1) is 8.92. The Morgan fingerprint density at radius 3 is 2.12 bits per heavy atom. The smallest absolute Gasteiger partial charge is 0.103 e. The zero-order chi connectivity index (χ0) is 6.62. The number of hydrogen-bond acceptors (Lipinski definition) is 1. The van der Waals surface area contributed by atoms with Gasteiger partial charge in [0.15, 0.2) is 0 Å². The van der Waals surface area contributed by atoms with Crippen molar-refractivity contribution >= 4 is 31.9 Å². The molecule has 0 unspecified atom stereocenters. The van der Waals surface area contributed by atoms with Crippen LogP contribution in [0.3, 0.4) is 0 Å². The van der Waals surface area contributed by atoms with Crippen LogP contribution in [-0.4, -0.2) is 14.9 Å². The molecule has 0 aliphatic rings. The largest absolute Gasteiger partial charge is 0.394 e. The zero-order valence-corrected chi connectivity index (χ0v) is 8.00. The molecule has 0 aliphatic carbocycles. The lowest BCUT2D eigenvalue weighted by Crippen LogP contribution is -2.15. The van der Waals surface area contributed by atoms with E-state index in [1.165, 1.54) is 0 Å². The quantitative estimate of drug-likeness (QED) is 0.757. The van der Waals surface area contributed by atoms with Crippen molar-refractivity contribution in [1.29, 1.82) is 0 Å². The van der Waals surface area contributed by atoms with E-state index < -0.39 is 0 Å². The second-order valence-corrected chi connectivity index (χ2v) is 5.86.